The van der Waals surface area contributed by atoms with Crippen LogP contribution in [0.25, 0.3) is 0 Å². The van der Waals surface area contributed by atoms with E-state index in [1.165, 1.54) is 86.4 Å². The third-order valence-electron chi connectivity index (χ3n) is 10.2. The quantitative estimate of drug-likeness (QED) is 0.207. The number of hydrogen-bond acceptors (Lipinski definition) is 13. The molecule has 0 unspecified atom stereocenters. The predicted octanol–water partition coefficient (Wildman–Crippen LogP) is 3.70. The van der Waals surface area contributed by atoms with E-state index in [-0.39, 0.29) is 23.2 Å². The average molecular weight is 944 g/mol. The number of nitrogens with zero attached hydrogens (tertiary/aromatic N) is 9. The Morgan fingerprint density at radius 1 is 0.661 bits per heavy atom. The highest BCUT2D eigenvalue weighted by molar-refractivity contribution is 7.88. The van der Waals surface area contributed by atoms with Crippen LogP contribution in [0.4, 0.5) is 22.8 Å². The minimum absolute atomic E-state index is 0.0257. The van der Waals surface area contributed by atoms with Crippen LogP contribution in [0.3, 0.4) is 0 Å². The van der Waals surface area contributed by atoms with E-state index < -0.39 is 41.6 Å². The summed E-state index contributed by atoms with van der Waals surface area (Å²) in [7, 11) is -11.4. The Hall–Kier alpha value is -4.27. The molecular weight excluding hydrogens is 888 g/mol. The fourth-order valence-corrected chi connectivity index (χ4v) is 9.50. The normalized spacial score (nSPS) is 19.0. The van der Waals surface area contributed by atoms with Crippen molar-refractivity contribution >= 4 is 42.7 Å². The summed E-state index contributed by atoms with van der Waals surface area (Å²) in [4.78, 5) is 34.8. The Bertz CT molecular complexity index is 2280. The van der Waals surface area contributed by atoms with E-state index in [4.69, 9.17) is 22.4 Å². The Balaban J connectivity index is 0.000000194. The zero-order chi connectivity index (χ0) is 46.6. The molecule has 26 heteroatoms. The van der Waals surface area contributed by atoms with Crippen LogP contribution in [0, 0.1) is 10.8 Å². The van der Waals surface area contributed by atoms with Gasteiger partial charge >= 0.3 is 38.1 Å². The highest BCUT2D eigenvalue weighted by atomic mass is 32.2. The third kappa shape index (κ3) is 13.4. The second-order valence-corrected chi connectivity index (χ2v) is 22.7. The largest absolute Gasteiger partial charge is 0.741 e. The fraction of sp³-hybridized carbons (Fsp3) is 0.694. The molecule has 0 bridgehead atoms. The smallest absolute Gasteiger partial charge is 0.485 e. The number of halogens is 3. The number of hydrogen-bond donors (Lipinski definition) is 0. The molecule has 1 saturated carbocycles. The highest BCUT2D eigenvalue weighted by Gasteiger charge is 2.49. The van der Waals surface area contributed by atoms with E-state index in [0.717, 1.165) is 37.8 Å². The Kier molecular flexibility index (Phi) is 15.3. The average Bonchev–Trinajstić information content (AvgIpc) is 3.93. The molecule has 1 aliphatic carbocycles. The van der Waals surface area contributed by atoms with Gasteiger partial charge in [-0.2, -0.15) is 38.3 Å². The predicted molar refractivity (Wildman–Crippen MR) is 214 cm³/mol. The molecule has 62 heavy (non-hydrogen) atoms. The molecule has 7 rings (SSSR count). The van der Waals surface area contributed by atoms with E-state index >= 15 is 0 Å². The first-order valence-corrected chi connectivity index (χ1v) is 23.8. The van der Waals surface area contributed by atoms with Gasteiger partial charge in [-0.15, -0.1) is 3.97 Å². The van der Waals surface area contributed by atoms with E-state index in [1.54, 1.807) is 22.7 Å². The van der Waals surface area contributed by atoms with Crippen molar-refractivity contribution in [3.05, 3.63) is 56.2 Å². The number of amides is 2. The van der Waals surface area contributed by atoms with Gasteiger partial charge in [0.1, 0.15) is 36.3 Å². The highest BCUT2D eigenvalue weighted by Crippen LogP contribution is 2.44. The molecule has 0 N–H and O–H groups in total. The number of aryl methyl sites for hydroxylation is 1. The molecule has 4 aliphatic rings. The van der Waals surface area contributed by atoms with Crippen molar-refractivity contribution in [1.82, 2.24) is 36.0 Å². The summed E-state index contributed by atoms with van der Waals surface area (Å²) >= 11 is 0. The van der Waals surface area contributed by atoms with Crippen molar-refractivity contribution in [3.63, 3.8) is 0 Å². The topological polar surface area (TPSA) is 232 Å². The number of likely N-dealkylation sites (tertiary alicyclic amines) is 2. The van der Waals surface area contributed by atoms with Gasteiger partial charge in [-0.05, 0) is 67.2 Å². The molecule has 3 aliphatic heterocycles. The number of carbonyl (C=O) groups excluding carboxylic acids is 2. The first-order valence-electron chi connectivity index (χ1n) is 19.6. The Morgan fingerprint density at radius 2 is 1.06 bits per heavy atom. The lowest BCUT2D eigenvalue weighted by Crippen LogP contribution is -2.62. The molecule has 0 radical (unpaired) electrons. The number of rotatable bonds is 4. The van der Waals surface area contributed by atoms with Crippen molar-refractivity contribution in [3.8, 4) is 0 Å². The van der Waals surface area contributed by atoms with Crippen LogP contribution in [0.5, 0.6) is 0 Å². The van der Waals surface area contributed by atoms with Gasteiger partial charge in [0.15, 0.2) is 10.1 Å². The Morgan fingerprint density at radius 3 is 1.40 bits per heavy atom. The van der Waals surface area contributed by atoms with E-state index in [0.29, 0.717) is 31.6 Å². The Labute approximate surface area is 360 Å². The number of aromatic nitrogens is 6. The number of ether oxygens (including phenoxy) is 2. The van der Waals surface area contributed by atoms with E-state index in [9.17, 15) is 39.6 Å². The van der Waals surface area contributed by atoms with Crippen LogP contribution in [0.2, 0.25) is 0 Å². The lowest BCUT2D eigenvalue weighted by molar-refractivity contribution is -0.670. The van der Waals surface area contributed by atoms with Crippen molar-refractivity contribution in [2.24, 2.45) is 17.9 Å². The summed E-state index contributed by atoms with van der Waals surface area (Å²) in [5, 5.41) is 0. The SMILES string of the molecule is CC(C)(C)OC(=O)N1CC2(CCCCC2)C1.CC(C)(C)OC(=O)N1CC2(CCN(S(=O)(=O)n3ccnc3)CC2)C1.C[n+]1ccn(S(=O)(=O)n2ccnc2)c1.O=S(=O)([O-])C(F)(F)F. The molecule has 6 heterocycles. The lowest BCUT2D eigenvalue weighted by Gasteiger charge is -2.53. The standard InChI is InChI=1S/C15H24N4O4S.C13H23NO2.C7H9N4O2S.CHF3O3S/c1-14(2,3)23-13(20)17-10-15(11-17)4-7-18(8-5-15)24(21,22)19-9-6-16-12-19;1-12(2,3)16-11(15)14-9-13(10-14)7-5-4-6-8-13;1-9-4-5-11(7-9)14(12,13)10-3-2-8-6-10;2-1(3,4)8(5,6)7/h6,9,12H,4-5,7-8,10-11H2,1-3H3;4-10H2,1-3H3;2-7H,1H3;(H,5,6,7)/q;;+1;/p-1. The zero-order valence-electron chi connectivity index (χ0n) is 35.8. The minimum Gasteiger partial charge on any atom is -0.741 e. The van der Waals surface area contributed by atoms with Gasteiger partial charge in [0.2, 0.25) is 0 Å². The molecule has 350 valence electrons. The van der Waals surface area contributed by atoms with Crippen LogP contribution >= 0.6 is 0 Å². The van der Waals surface area contributed by atoms with Crippen LogP contribution in [-0.2, 0) is 47.1 Å². The first-order chi connectivity index (χ1) is 28.4. The molecule has 3 aromatic heterocycles. The number of alkyl halides is 3. The molecular formula is C36H56F3N9O11S3. The second kappa shape index (κ2) is 18.8. The third-order valence-corrected chi connectivity index (χ3v) is 14.1. The maximum Gasteiger partial charge on any atom is 0.485 e. The summed E-state index contributed by atoms with van der Waals surface area (Å²) in [5.41, 5.74) is -6.03. The van der Waals surface area contributed by atoms with Crippen molar-refractivity contribution in [1.29, 1.82) is 0 Å². The maximum absolute atomic E-state index is 12.5. The minimum atomic E-state index is -6.09. The maximum atomic E-state index is 12.5. The van der Waals surface area contributed by atoms with Gasteiger partial charge in [-0.1, -0.05) is 19.3 Å². The zero-order valence-corrected chi connectivity index (χ0v) is 38.2. The van der Waals surface area contributed by atoms with Crippen molar-refractivity contribution < 1.29 is 66.6 Å². The van der Waals surface area contributed by atoms with Gasteiger partial charge in [-0.25, -0.2) is 36.5 Å². The van der Waals surface area contributed by atoms with Crippen LogP contribution in [-0.4, -0.2) is 134 Å². The van der Waals surface area contributed by atoms with Gasteiger partial charge in [0.25, 0.3) is 6.33 Å². The summed E-state index contributed by atoms with van der Waals surface area (Å²) < 4.78 is 125. The molecule has 0 atom stereocenters. The number of carbonyl (C=O) groups is 2. The monoisotopic (exact) mass is 943 g/mol. The number of piperidine rings is 1. The summed E-state index contributed by atoms with van der Waals surface area (Å²) in [6, 6.07) is 0. The summed E-state index contributed by atoms with van der Waals surface area (Å²) in [5.74, 6) is 0. The van der Waals surface area contributed by atoms with Crippen LogP contribution < -0.4 is 4.57 Å². The molecule has 20 nitrogen and oxygen atoms in total. The molecule has 2 amide bonds. The van der Waals surface area contributed by atoms with Gasteiger partial charge < -0.3 is 23.8 Å². The lowest BCUT2D eigenvalue weighted by atomic mass is 9.69. The number of imidazole rings is 3. The molecule has 2 spiro atoms. The van der Waals surface area contributed by atoms with Crippen LogP contribution in [0.1, 0.15) is 86.5 Å². The van der Waals surface area contributed by atoms with E-state index in [2.05, 4.69) is 9.97 Å². The molecule has 3 aromatic rings. The van der Waals surface area contributed by atoms with Crippen molar-refractivity contribution in [2.45, 2.75) is 103 Å². The fourth-order valence-electron chi connectivity index (χ4n) is 7.14. The summed E-state index contributed by atoms with van der Waals surface area (Å²) in [6.45, 7) is 15.3. The van der Waals surface area contributed by atoms with Gasteiger partial charge in [0, 0.05) is 74.9 Å². The first kappa shape index (κ1) is 50.4. The van der Waals surface area contributed by atoms with Crippen molar-refractivity contribution in [2.75, 3.05) is 39.3 Å². The molecule has 0 aromatic carbocycles. The van der Waals surface area contributed by atoms with Gasteiger partial charge in [-0.3, -0.25) is 0 Å². The molecule has 3 saturated heterocycles. The second-order valence-electron chi connectivity index (χ2n) is 17.7. The van der Waals surface area contributed by atoms with E-state index in [1.807, 2.05) is 46.4 Å². The molecule has 4 fully saturated rings. The summed E-state index contributed by atoms with van der Waals surface area (Å²) in [6.07, 6.45) is 20.5. The van der Waals surface area contributed by atoms with Gasteiger partial charge in [0.05, 0.1) is 7.05 Å². The van der Waals surface area contributed by atoms with Crippen LogP contribution in [0.15, 0.2) is 56.2 Å².